The summed E-state index contributed by atoms with van der Waals surface area (Å²) in [5, 5.41) is 0.421. The van der Waals surface area contributed by atoms with E-state index in [0.717, 1.165) is 4.57 Å². The fourth-order valence-electron chi connectivity index (χ4n) is 2.63. The zero-order valence-electron chi connectivity index (χ0n) is 14.2. The smallest absolute Gasteiger partial charge is 0.311 e. The van der Waals surface area contributed by atoms with E-state index in [4.69, 9.17) is 16.3 Å². The van der Waals surface area contributed by atoms with E-state index in [9.17, 15) is 18.0 Å². The second-order valence-electron chi connectivity index (χ2n) is 5.84. The number of aromatic nitrogens is 4. The average Bonchev–Trinajstić information content (AvgIpc) is 3.02. The number of rotatable bonds is 3. The van der Waals surface area contributed by atoms with Crippen LogP contribution in [0, 0.1) is 17.5 Å². The molecule has 0 aliphatic heterocycles. The molecule has 6 nitrogen and oxygen atoms in total. The van der Waals surface area contributed by atoms with Crippen LogP contribution in [0.15, 0.2) is 47.5 Å². The monoisotopic (exact) mass is 406 g/mol. The summed E-state index contributed by atoms with van der Waals surface area (Å²) in [6.07, 6.45) is 1.37. The Labute approximate surface area is 160 Å². The first kappa shape index (κ1) is 18.1. The topological polar surface area (TPSA) is 61.9 Å². The van der Waals surface area contributed by atoms with Crippen molar-refractivity contribution in [2.75, 3.05) is 0 Å². The van der Waals surface area contributed by atoms with E-state index in [0.29, 0.717) is 22.8 Å². The molecule has 4 rings (SSSR count). The van der Waals surface area contributed by atoms with Crippen LogP contribution in [-0.4, -0.2) is 19.1 Å². The molecule has 0 fully saturated rings. The summed E-state index contributed by atoms with van der Waals surface area (Å²) >= 11 is 5.88. The molecule has 142 valence electrons. The van der Waals surface area contributed by atoms with Crippen molar-refractivity contribution in [3.05, 3.63) is 75.6 Å². The van der Waals surface area contributed by atoms with Crippen molar-refractivity contribution in [2.45, 2.75) is 0 Å². The molecular formula is C18H10ClF3N4O2. The second-order valence-corrected chi connectivity index (χ2v) is 6.28. The van der Waals surface area contributed by atoms with Gasteiger partial charge >= 0.3 is 6.01 Å². The van der Waals surface area contributed by atoms with E-state index in [1.807, 2.05) is 0 Å². The number of hydrogen-bond acceptors (Lipinski definition) is 4. The van der Waals surface area contributed by atoms with Gasteiger partial charge < -0.3 is 9.30 Å². The third-order valence-electron chi connectivity index (χ3n) is 3.95. The molecule has 0 aliphatic carbocycles. The molecule has 2 heterocycles. The van der Waals surface area contributed by atoms with Gasteiger partial charge in [-0.25, -0.2) is 18.3 Å². The number of halogens is 4. The van der Waals surface area contributed by atoms with Gasteiger partial charge in [0.25, 0.3) is 5.56 Å². The molecule has 0 amide bonds. The SMILES string of the molecule is Cn1cnc2c(=O)n(-c3ccc(Cl)cc3)c(Oc3cc(F)cc(F)c3F)nc21. The highest BCUT2D eigenvalue weighted by Gasteiger charge is 2.20. The van der Waals surface area contributed by atoms with Crippen LogP contribution in [0.25, 0.3) is 16.9 Å². The van der Waals surface area contributed by atoms with E-state index < -0.39 is 34.8 Å². The molecule has 0 saturated heterocycles. The van der Waals surface area contributed by atoms with E-state index >= 15 is 0 Å². The van der Waals surface area contributed by atoms with Crippen LogP contribution in [0.3, 0.4) is 0 Å². The zero-order valence-corrected chi connectivity index (χ0v) is 14.9. The largest absolute Gasteiger partial charge is 0.422 e. The van der Waals surface area contributed by atoms with Gasteiger partial charge in [0.15, 0.2) is 22.7 Å². The molecule has 0 atom stereocenters. The highest BCUT2D eigenvalue weighted by atomic mass is 35.5. The van der Waals surface area contributed by atoms with Gasteiger partial charge in [0.05, 0.1) is 12.0 Å². The maximum atomic E-state index is 14.1. The lowest BCUT2D eigenvalue weighted by atomic mass is 10.3. The number of ether oxygens (including phenoxy) is 1. The summed E-state index contributed by atoms with van der Waals surface area (Å²) in [5.41, 5.74) is -0.125. The Morgan fingerprint density at radius 2 is 1.82 bits per heavy atom. The Kier molecular flexibility index (Phi) is 4.31. The molecule has 4 aromatic rings. The quantitative estimate of drug-likeness (QED) is 0.483. The van der Waals surface area contributed by atoms with Gasteiger partial charge in [-0.15, -0.1) is 0 Å². The van der Waals surface area contributed by atoms with Crippen LogP contribution >= 0.6 is 11.6 Å². The molecule has 0 bridgehead atoms. The Bertz CT molecular complexity index is 1270. The first-order valence-corrected chi connectivity index (χ1v) is 8.25. The van der Waals surface area contributed by atoms with E-state index in [2.05, 4.69) is 9.97 Å². The van der Waals surface area contributed by atoms with Crippen molar-refractivity contribution in [1.29, 1.82) is 0 Å². The van der Waals surface area contributed by atoms with Crippen molar-refractivity contribution < 1.29 is 17.9 Å². The maximum Gasteiger partial charge on any atom is 0.311 e. The van der Waals surface area contributed by atoms with Crippen LogP contribution < -0.4 is 10.3 Å². The third-order valence-corrected chi connectivity index (χ3v) is 4.20. The minimum atomic E-state index is -1.43. The van der Waals surface area contributed by atoms with Gasteiger partial charge in [0.1, 0.15) is 5.82 Å². The fraction of sp³-hybridized carbons (Fsp3) is 0.0556. The lowest BCUT2D eigenvalue weighted by Crippen LogP contribution is -2.22. The predicted molar refractivity (Wildman–Crippen MR) is 95.5 cm³/mol. The van der Waals surface area contributed by atoms with Crippen LogP contribution in [0.4, 0.5) is 13.2 Å². The molecule has 0 N–H and O–H groups in total. The second kappa shape index (κ2) is 6.68. The normalized spacial score (nSPS) is 11.2. The van der Waals surface area contributed by atoms with E-state index in [-0.39, 0.29) is 11.2 Å². The average molecular weight is 407 g/mol. The van der Waals surface area contributed by atoms with Gasteiger partial charge in [0, 0.05) is 24.2 Å². The Morgan fingerprint density at radius 1 is 1.11 bits per heavy atom. The molecular weight excluding hydrogens is 397 g/mol. The van der Waals surface area contributed by atoms with Crippen molar-refractivity contribution in [2.24, 2.45) is 7.05 Å². The minimum Gasteiger partial charge on any atom is -0.422 e. The summed E-state index contributed by atoms with van der Waals surface area (Å²) in [7, 11) is 1.60. The van der Waals surface area contributed by atoms with Crippen LogP contribution in [0.1, 0.15) is 0 Å². The Morgan fingerprint density at radius 3 is 2.54 bits per heavy atom. The number of nitrogens with zero attached hydrogens (tertiary/aromatic N) is 4. The number of imidazole rings is 1. The van der Waals surface area contributed by atoms with Crippen molar-refractivity contribution in [1.82, 2.24) is 19.1 Å². The van der Waals surface area contributed by atoms with Crippen molar-refractivity contribution in [3.8, 4) is 17.4 Å². The maximum absolute atomic E-state index is 14.1. The molecule has 0 saturated carbocycles. The Hall–Kier alpha value is -3.33. The molecule has 28 heavy (non-hydrogen) atoms. The van der Waals surface area contributed by atoms with Gasteiger partial charge in [-0.1, -0.05) is 11.6 Å². The van der Waals surface area contributed by atoms with Gasteiger partial charge in [-0.2, -0.15) is 9.37 Å². The Balaban J connectivity index is 1.98. The summed E-state index contributed by atoms with van der Waals surface area (Å²) in [5.74, 6) is -4.65. The lowest BCUT2D eigenvalue weighted by Gasteiger charge is -2.13. The number of benzene rings is 2. The molecule has 2 aromatic heterocycles. The fourth-order valence-corrected chi connectivity index (χ4v) is 2.76. The minimum absolute atomic E-state index is 0.0377. The number of fused-ring (bicyclic) bond motifs is 1. The predicted octanol–water partition coefficient (Wildman–Crippen LogP) is 3.98. The third kappa shape index (κ3) is 2.99. The molecule has 0 spiro atoms. The van der Waals surface area contributed by atoms with Crippen LogP contribution in [0.2, 0.25) is 5.02 Å². The van der Waals surface area contributed by atoms with Crippen LogP contribution in [0.5, 0.6) is 11.8 Å². The summed E-state index contributed by atoms with van der Waals surface area (Å²) in [6.45, 7) is 0. The number of hydrogen-bond donors (Lipinski definition) is 0. The lowest BCUT2D eigenvalue weighted by molar-refractivity contribution is 0.378. The summed E-state index contributed by atoms with van der Waals surface area (Å²) < 4.78 is 48.9. The molecule has 10 heteroatoms. The van der Waals surface area contributed by atoms with Gasteiger partial charge in [0.2, 0.25) is 5.82 Å². The first-order valence-electron chi connectivity index (χ1n) is 7.87. The zero-order chi connectivity index (χ0) is 20.0. The molecule has 2 aromatic carbocycles. The standard InChI is InChI=1S/C18H10ClF3N4O2/c1-25-8-23-15-16(25)24-18(28-13-7-10(20)6-12(21)14(13)22)26(17(15)27)11-4-2-9(19)3-5-11/h2-8H,1H3. The summed E-state index contributed by atoms with van der Waals surface area (Å²) in [4.78, 5) is 21.1. The highest BCUT2D eigenvalue weighted by molar-refractivity contribution is 6.30. The van der Waals surface area contributed by atoms with E-state index in [1.165, 1.54) is 35.2 Å². The summed E-state index contributed by atoms with van der Waals surface area (Å²) in [6, 6.07) is 6.71. The molecule has 0 unspecified atom stereocenters. The molecule has 0 radical (unpaired) electrons. The van der Waals surface area contributed by atoms with E-state index in [1.54, 1.807) is 7.05 Å². The number of aryl methyl sites for hydroxylation is 1. The first-order chi connectivity index (χ1) is 13.3. The molecule has 0 aliphatic rings. The van der Waals surface area contributed by atoms with Crippen molar-refractivity contribution in [3.63, 3.8) is 0 Å². The highest BCUT2D eigenvalue weighted by Crippen LogP contribution is 2.28. The van der Waals surface area contributed by atoms with Gasteiger partial charge in [-0.3, -0.25) is 4.79 Å². The van der Waals surface area contributed by atoms with Gasteiger partial charge in [-0.05, 0) is 24.3 Å². The van der Waals surface area contributed by atoms with Crippen LogP contribution in [-0.2, 0) is 7.05 Å². The van der Waals surface area contributed by atoms with Crippen molar-refractivity contribution >= 4 is 22.8 Å².